The number of hydrogen-bond acceptors (Lipinski definition) is 5. The van der Waals surface area contributed by atoms with E-state index in [2.05, 4.69) is 0 Å². The molecule has 6 heteroatoms. The first-order valence-electron chi connectivity index (χ1n) is 6.01. The van der Waals surface area contributed by atoms with E-state index in [1.54, 1.807) is 0 Å². The van der Waals surface area contributed by atoms with E-state index in [4.69, 9.17) is 5.11 Å². The fourth-order valence-corrected chi connectivity index (χ4v) is 1.94. The first kappa shape index (κ1) is 14.4. The van der Waals surface area contributed by atoms with Crippen LogP contribution < -0.4 is 0 Å². The Labute approximate surface area is 100 Å². The van der Waals surface area contributed by atoms with Crippen LogP contribution in [0, 0.1) is 0 Å². The molecule has 1 amide bonds. The number of likely N-dealkylation sites (tertiary alicyclic amines) is 1. The lowest BCUT2D eigenvalue weighted by Gasteiger charge is -2.36. The van der Waals surface area contributed by atoms with Gasteiger partial charge in [-0.05, 0) is 12.8 Å². The molecule has 0 unspecified atom stereocenters. The summed E-state index contributed by atoms with van der Waals surface area (Å²) < 4.78 is 0. The smallest absolute Gasteiger partial charge is 0.254 e. The molecule has 0 aromatic rings. The summed E-state index contributed by atoms with van der Waals surface area (Å²) in [7, 11) is 0. The Morgan fingerprint density at radius 3 is 2.41 bits per heavy atom. The molecular weight excluding hydrogens is 226 g/mol. The van der Waals surface area contributed by atoms with Gasteiger partial charge in [0.2, 0.25) is 0 Å². The van der Waals surface area contributed by atoms with Crippen LogP contribution in [0.3, 0.4) is 0 Å². The van der Waals surface area contributed by atoms with Gasteiger partial charge in [-0.1, -0.05) is 12.8 Å². The molecular formula is C11H21NO5. The van der Waals surface area contributed by atoms with E-state index in [0.29, 0.717) is 6.54 Å². The van der Waals surface area contributed by atoms with Crippen LogP contribution in [0.4, 0.5) is 0 Å². The van der Waals surface area contributed by atoms with E-state index in [-0.39, 0.29) is 13.2 Å². The highest BCUT2D eigenvalue weighted by Gasteiger charge is 2.39. The zero-order valence-electron chi connectivity index (χ0n) is 9.83. The lowest BCUT2D eigenvalue weighted by molar-refractivity contribution is -0.165. The summed E-state index contributed by atoms with van der Waals surface area (Å²) in [4.78, 5) is 12.9. The molecule has 4 N–H and O–H groups in total. The average Bonchev–Trinajstić information content (AvgIpc) is 2.32. The molecule has 17 heavy (non-hydrogen) atoms. The molecule has 3 atom stereocenters. The molecule has 0 aromatic carbocycles. The van der Waals surface area contributed by atoms with E-state index in [1.807, 2.05) is 0 Å². The molecule has 0 radical (unpaired) electrons. The van der Waals surface area contributed by atoms with E-state index in [9.17, 15) is 20.1 Å². The highest BCUT2D eigenvalue weighted by Crippen LogP contribution is 2.14. The van der Waals surface area contributed by atoms with Gasteiger partial charge in [0.15, 0.2) is 6.10 Å². The van der Waals surface area contributed by atoms with Gasteiger partial charge >= 0.3 is 0 Å². The lowest BCUT2D eigenvalue weighted by Crippen LogP contribution is -2.58. The number of piperidine rings is 1. The normalized spacial score (nSPS) is 29.8. The lowest BCUT2D eigenvalue weighted by atomic mass is 10.0. The summed E-state index contributed by atoms with van der Waals surface area (Å²) in [5.41, 5.74) is 0. The highest BCUT2D eigenvalue weighted by atomic mass is 16.4. The maximum Gasteiger partial charge on any atom is 0.254 e. The number of unbranched alkanes of at least 4 members (excludes halogenated alkanes) is 3. The van der Waals surface area contributed by atoms with Crippen molar-refractivity contribution in [2.45, 2.75) is 44.0 Å². The third-order valence-electron chi connectivity index (χ3n) is 3.03. The van der Waals surface area contributed by atoms with Gasteiger partial charge in [0.05, 0.1) is 0 Å². The maximum atomic E-state index is 11.6. The second kappa shape index (κ2) is 6.90. The highest BCUT2D eigenvalue weighted by molar-refractivity contribution is 5.82. The van der Waals surface area contributed by atoms with Crippen molar-refractivity contribution in [3.63, 3.8) is 0 Å². The van der Waals surface area contributed by atoms with Crippen molar-refractivity contribution in [2.75, 3.05) is 19.7 Å². The number of carbonyl (C=O) groups excluding carboxylic acids is 1. The Kier molecular flexibility index (Phi) is 5.84. The molecule has 0 aromatic heterocycles. The van der Waals surface area contributed by atoms with Crippen LogP contribution in [0.1, 0.15) is 25.7 Å². The molecule has 6 nitrogen and oxygen atoms in total. The molecule has 1 saturated heterocycles. The van der Waals surface area contributed by atoms with Crippen molar-refractivity contribution >= 4 is 5.91 Å². The summed E-state index contributed by atoms with van der Waals surface area (Å²) in [6.07, 6.45) is -0.686. The summed E-state index contributed by atoms with van der Waals surface area (Å²) in [6.45, 7) is 0.703. The van der Waals surface area contributed by atoms with Crippen LogP contribution in [0.2, 0.25) is 0 Å². The predicted molar refractivity (Wildman–Crippen MR) is 60.2 cm³/mol. The van der Waals surface area contributed by atoms with Crippen molar-refractivity contribution in [1.82, 2.24) is 4.90 Å². The third kappa shape index (κ3) is 3.92. The standard InChI is InChI=1S/C11H21NO5/c13-6-4-2-1-3-5-12-7-8(14)9(15)10(16)11(12)17/h8-10,13-16H,1-7H2/t8-,9-,10+/m1/s1. The van der Waals surface area contributed by atoms with Gasteiger partial charge in [-0.2, -0.15) is 0 Å². The van der Waals surface area contributed by atoms with Gasteiger partial charge in [-0.3, -0.25) is 4.79 Å². The Hall–Kier alpha value is -0.690. The van der Waals surface area contributed by atoms with Gasteiger partial charge in [0.25, 0.3) is 5.91 Å². The van der Waals surface area contributed by atoms with Gasteiger partial charge in [0.1, 0.15) is 12.2 Å². The minimum atomic E-state index is -1.52. The summed E-state index contributed by atoms with van der Waals surface area (Å²) in [5, 5.41) is 36.7. The average molecular weight is 247 g/mol. The van der Waals surface area contributed by atoms with E-state index in [0.717, 1.165) is 25.7 Å². The van der Waals surface area contributed by atoms with E-state index in [1.165, 1.54) is 4.90 Å². The zero-order valence-corrected chi connectivity index (χ0v) is 9.83. The molecule has 0 bridgehead atoms. The van der Waals surface area contributed by atoms with Crippen molar-refractivity contribution in [3.05, 3.63) is 0 Å². The van der Waals surface area contributed by atoms with Gasteiger partial charge in [0, 0.05) is 19.7 Å². The number of amides is 1. The number of hydrogen-bond donors (Lipinski definition) is 4. The second-order valence-electron chi connectivity index (χ2n) is 4.42. The topological polar surface area (TPSA) is 101 Å². The van der Waals surface area contributed by atoms with Crippen LogP contribution in [0.25, 0.3) is 0 Å². The maximum absolute atomic E-state index is 11.6. The molecule has 0 aliphatic carbocycles. The Morgan fingerprint density at radius 1 is 1.12 bits per heavy atom. The number of aliphatic hydroxyl groups excluding tert-OH is 4. The van der Waals surface area contributed by atoms with Crippen molar-refractivity contribution in [2.24, 2.45) is 0 Å². The fraction of sp³-hybridized carbons (Fsp3) is 0.909. The van der Waals surface area contributed by atoms with Gasteiger partial charge in [-0.25, -0.2) is 0 Å². The molecule has 1 rings (SSSR count). The van der Waals surface area contributed by atoms with Gasteiger partial charge in [-0.15, -0.1) is 0 Å². The summed E-state index contributed by atoms with van der Waals surface area (Å²) in [6, 6.07) is 0. The number of nitrogens with zero attached hydrogens (tertiary/aromatic N) is 1. The summed E-state index contributed by atoms with van der Waals surface area (Å²) >= 11 is 0. The molecule has 0 saturated carbocycles. The van der Waals surface area contributed by atoms with Crippen LogP contribution >= 0.6 is 0 Å². The number of rotatable bonds is 6. The number of β-amino-alcohol motifs (C(OH)–C–C–N with tert-alkyl or cyclic N) is 1. The molecule has 1 aliphatic rings. The van der Waals surface area contributed by atoms with Gasteiger partial charge < -0.3 is 25.3 Å². The van der Waals surface area contributed by atoms with E-state index < -0.39 is 24.2 Å². The first-order valence-corrected chi connectivity index (χ1v) is 6.01. The molecule has 0 spiro atoms. The largest absolute Gasteiger partial charge is 0.396 e. The first-order chi connectivity index (χ1) is 8.07. The molecule has 100 valence electrons. The van der Waals surface area contributed by atoms with Crippen molar-refractivity contribution < 1.29 is 25.2 Å². The van der Waals surface area contributed by atoms with Crippen LogP contribution in [0.15, 0.2) is 0 Å². The fourth-order valence-electron chi connectivity index (χ4n) is 1.94. The SMILES string of the molecule is O=C1[C@@H](O)[C@H](O)[C@H](O)CN1CCCCCCO. The van der Waals surface area contributed by atoms with E-state index >= 15 is 0 Å². The predicted octanol–water partition coefficient (Wildman–Crippen LogP) is -1.54. The van der Waals surface area contributed by atoms with Crippen molar-refractivity contribution in [1.29, 1.82) is 0 Å². The number of aliphatic hydroxyl groups is 4. The zero-order chi connectivity index (χ0) is 12.8. The Bertz CT molecular complexity index is 248. The molecule has 1 heterocycles. The van der Waals surface area contributed by atoms with Crippen LogP contribution in [-0.4, -0.2) is 69.2 Å². The Morgan fingerprint density at radius 2 is 1.76 bits per heavy atom. The third-order valence-corrected chi connectivity index (χ3v) is 3.03. The Balaban J connectivity index is 2.30. The van der Waals surface area contributed by atoms with Crippen LogP contribution in [0.5, 0.6) is 0 Å². The van der Waals surface area contributed by atoms with Crippen LogP contribution in [-0.2, 0) is 4.79 Å². The quantitative estimate of drug-likeness (QED) is 0.426. The minimum absolute atomic E-state index is 0.0665. The second-order valence-corrected chi connectivity index (χ2v) is 4.42. The number of carbonyl (C=O) groups is 1. The molecule has 1 aliphatic heterocycles. The monoisotopic (exact) mass is 247 g/mol. The summed E-state index contributed by atoms with van der Waals surface area (Å²) in [5.74, 6) is -0.523. The molecule has 1 fully saturated rings. The minimum Gasteiger partial charge on any atom is -0.396 e. The van der Waals surface area contributed by atoms with Crippen molar-refractivity contribution in [3.8, 4) is 0 Å².